The van der Waals surface area contributed by atoms with E-state index in [0.29, 0.717) is 12.2 Å². The highest BCUT2D eigenvalue weighted by atomic mass is 79.9. The summed E-state index contributed by atoms with van der Waals surface area (Å²) in [4.78, 5) is 11.6. The molecule has 3 heteroatoms. The molecule has 0 saturated carbocycles. The van der Waals surface area contributed by atoms with Crippen LogP contribution >= 0.6 is 15.9 Å². The number of benzene rings is 1. The third kappa shape index (κ3) is 4.58. The van der Waals surface area contributed by atoms with E-state index in [1.54, 1.807) is 6.07 Å². The Balaban J connectivity index is 2.40. The fraction of sp³-hybridized carbons (Fsp3) is 0.417. The minimum atomic E-state index is 0.0346. The Morgan fingerprint density at radius 3 is 2.93 bits per heavy atom. The minimum Gasteiger partial charge on any atom is -0.373 e. The molecule has 1 rings (SSSR count). The van der Waals surface area contributed by atoms with Crippen LogP contribution in [0.2, 0.25) is 0 Å². The van der Waals surface area contributed by atoms with Gasteiger partial charge in [-0.2, -0.15) is 0 Å². The lowest BCUT2D eigenvalue weighted by Crippen LogP contribution is -2.09. The first-order valence-electron chi connectivity index (χ1n) is 5.10. The maximum atomic E-state index is 11.6. The molecule has 1 aromatic rings. The molecule has 0 aliphatic carbocycles. The lowest BCUT2D eigenvalue weighted by atomic mass is 10.1. The molecule has 82 valence electrons. The van der Waals surface area contributed by atoms with Gasteiger partial charge in [0.25, 0.3) is 0 Å². The number of ketones is 1. The van der Waals surface area contributed by atoms with Crippen molar-refractivity contribution in [3.8, 4) is 0 Å². The van der Waals surface area contributed by atoms with E-state index in [0.717, 1.165) is 17.3 Å². The van der Waals surface area contributed by atoms with Gasteiger partial charge in [-0.3, -0.25) is 4.79 Å². The zero-order chi connectivity index (χ0) is 11.1. The number of carbonyl (C=O) groups excluding carboxylic acids is 1. The lowest BCUT2D eigenvalue weighted by Gasteiger charge is -2.03. The molecule has 0 saturated heterocycles. The van der Waals surface area contributed by atoms with Gasteiger partial charge in [0.05, 0.1) is 0 Å². The summed E-state index contributed by atoms with van der Waals surface area (Å²) in [6.07, 6.45) is 2.09. The van der Waals surface area contributed by atoms with Gasteiger partial charge in [-0.15, -0.1) is 0 Å². The SMILES string of the molecule is CCCCOCC(=O)c1cccc(Br)c1. The molecule has 0 spiro atoms. The van der Waals surface area contributed by atoms with E-state index in [-0.39, 0.29) is 12.4 Å². The summed E-state index contributed by atoms with van der Waals surface area (Å²) < 4.78 is 6.18. The van der Waals surface area contributed by atoms with Crippen LogP contribution in [0, 0.1) is 0 Å². The molecule has 2 nitrogen and oxygen atoms in total. The number of rotatable bonds is 6. The van der Waals surface area contributed by atoms with Gasteiger partial charge in [0, 0.05) is 16.6 Å². The number of ether oxygens (including phenoxy) is 1. The first kappa shape index (κ1) is 12.4. The Morgan fingerprint density at radius 1 is 1.47 bits per heavy atom. The normalized spacial score (nSPS) is 10.3. The number of unbranched alkanes of at least 4 members (excludes halogenated alkanes) is 1. The predicted octanol–water partition coefficient (Wildman–Crippen LogP) is 3.45. The number of halogens is 1. The second kappa shape index (κ2) is 6.75. The quantitative estimate of drug-likeness (QED) is 0.585. The third-order valence-corrected chi connectivity index (χ3v) is 2.52. The molecule has 0 radical (unpaired) electrons. The van der Waals surface area contributed by atoms with Crippen LogP contribution < -0.4 is 0 Å². The van der Waals surface area contributed by atoms with Gasteiger partial charge < -0.3 is 4.74 Å². The van der Waals surface area contributed by atoms with Crippen molar-refractivity contribution in [2.24, 2.45) is 0 Å². The molecule has 0 amide bonds. The Bertz CT molecular complexity index is 323. The zero-order valence-corrected chi connectivity index (χ0v) is 10.4. The molecule has 0 bridgehead atoms. The van der Waals surface area contributed by atoms with Crippen molar-refractivity contribution in [2.45, 2.75) is 19.8 Å². The molecule has 1 aromatic carbocycles. The molecule has 0 N–H and O–H groups in total. The molecule has 0 atom stereocenters. The van der Waals surface area contributed by atoms with Crippen molar-refractivity contribution in [1.82, 2.24) is 0 Å². The summed E-state index contributed by atoms with van der Waals surface area (Å²) in [5.41, 5.74) is 0.695. The highest BCUT2D eigenvalue weighted by Crippen LogP contribution is 2.12. The molecule has 0 unspecified atom stereocenters. The van der Waals surface area contributed by atoms with Crippen molar-refractivity contribution < 1.29 is 9.53 Å². The van der Waals surface area contributed by atoms with Gasteiger partial charge in [-0.25, -0.2) is 0 Å². The highest BCUT2D eigenvalue weighted by Gasteiger charge is 2.05. The first-order chi connectivity index (χ1) is 7.24. The zero-order valence-electron chi connectivity index (χ0n) is 8.83. The van der Waals surface area contributed by atoms with Gasteiger partial charge in [-0.05, 0) is 18.6 Å². The Labute approximate surface area is 98.8 Å². The van der Waals surface area contributed by atoms with Crippen LogP contribution in [-0.4, -0.2) is 19.0 Å². The summed E-state index contributed by atoms with van der Waals surface area (Å²) >= 11 is 3.33. The van der Waals surface area contributed by atoms with Crippen LogP contribution in [0.1, 0.15) is 30.1 Å². The topological polar surface area (TPSA) is 26.3 Å². The molecular formula is C12H15BrO2. The fourth-order valence-electron chi connectivity index (χ4n) is 1.16. The molecule has 0 heterocycles. The number of carbonyl (C=O) groups is 1. The van der Waals surface area contributed by atoms with Gasteiger partial charge in [0.1, 0.15) is 6.61 Å². The summed E-state index contributed by atoms with van der Waals surface area (Å²) in [5.74, 6) is 0.0346. The van der Waals surface area contributed by atoms with Crippen molar-refractivity contribution >= 4 is 21.7 Å². The largest absolute Gasteiger partial charge is 0.373 e. The summed E-state index contributed by atoms with van der Waals surface area (Å²) in [7, 11) is 0. The van der Waals surface area contributed by atoms with Crippen LogP contribution in [0.5, 0.6) is 0 Å². The van der Waals surface area contributed by atoms with E-state index in [1.807, 2.05) is 18.2 Å². The molecular weight excluding hydrogens is 256 g/mol. The summed E-state index contributed by atoms with van der Waals surface area (Å²) in [5, 5.41) is 0. The fourth-order valence-corrected chi connectivity index (χ4v) is 1.56. The number of hydrogen-bond acceptors (Lipinski definition) is 2. The van der Waals surface area contributed by atoms with Gasteiger partial charge in [0.15, 0.2) is 5.78 Å². The van der Waals surface area contributed by atoms with E-state index in [4.69, 9.17) is 4.74 Å². The van der Waals surface area contributed by atoms with Crippen molar-refractivity contribution in [3.63, 3.8) is 0 Å². The summed E-state index contributed by atoms with van der Waals surface area (Å²) in [6.45, 7) is 2.94. The van der Waals surface area contributed by atoms with Crippen molar-refractivity contribution in [1.29, 1.82) is 0 Å². The summed E-state index contributed by atoms with van der Waals surface area (Å²) in [6, 6.07) is 7.36. The van der Waals surface area contributed by atoms with E-state index in [9.17, 15) is 4.79 Å². The minimum absolute atomic E-state index is 0.0346. The lowest BCUT2D eigenvalue weighted by molar-refractivity contribution is 0.0754. The monoisotopic (exact) mass is 270 g/mol. The second-order valence-corrected chi connectivity index (χ2v) is 4.26. The van der Waals surface area contributed by atoms with E-state index < -0.39 is 0 Å². The Hall–Kier alpha value is -0.670. The van der Waals surface area contributed by atoms with Gasteiger partial charge >= 0.3 is 0 Å². The maximum Gasteiger partial charge on any atom is 0.188 e. The van der Waals surface area contributed by atoms with Crippen LogP contribution in [0.15, 0.2) is 28.7 Å². The molecule has 0 fully saturated rings. The van der Waals surface area contributed by atoms with Crippen LogP contribution in [0.25, 0.3) is 0 Å². The maximum absolute atomic E-state index is 11.6. The number of Topliss-reactive ketones (excluding diaryl/α,β-unsaturated/α-hetero) is 1. The Kier molecular flexibility index (Phi) is 5.58. The van der Waals surface area contributed by atoms with Crippen LogP contribution in [-0.2, 0) is 4.74 Å². The van der Waals surface area contributed by atoms with Crippen LogP contribution in [0.4, 0.5) is 0 Å². The third-order valence-electron chi connectivity index (χ3n) is 2.02. The molecule has 0 aromatic heterocycles. The average Bonchev–Trinajstić information content (AvgIpc) is 2.24. The second-order valence-electron chi connectivity index (χ2n) is 3.34. The van der Waals surface area contributed by atoms with Crippen molar-refractivity contribution in [3.05, 3.63) is 34.3 Å². The molecule has 15 heavy (non-hydrogen) atoms. The average molecular weight is 271 g/mol. The number of hydrogen-bond donors (Lipinski definition) is 0. The van der Waals surface area contributed by atoms with E-state index in [2.05, 4.69) is 22.9 Å². The molecule has 0 aliphatic rings. The van der Waals surface area contributed by atoms with Crippen molar-refractivity contribution in [2.75, 3.05) is 13.2 Å². The van der Waals surface area contributed by atoms with Gasteiger partial charge in [0.2, 0.25) is 0 Å². The Morgan fingerprint density at radius 2 is 2.27 bits per heavy atom. The van der Waals surface area contributed by atoms with Gasteiger partial charge in [-0.1, -0.05) is 41.4 Å². The molecule has 0 aliphatic heterocycles. The van der Waals surface area contributed by atoms with E-state index in [1.165, 1.54) is 0 Å². The first-order valence-corrected chi connectivity index (χ1v) is 5.90. The van der Waals surface area contributed by atoms with Crippen LogP contribution in [0.3, 0.4) is 0 Å². The standard InChI is InChI=1S/C12H15BrO2/c1-2-3-7-15-9-12(14)10-5-4-6-11(13)8-10/h4-6,8H,2-3,7,9H2,1H3. The van der Waals surface area contributed by atoms with E-state index >= 15 is 0 Å². The predicted molar refractivity (Wildman–Crippen MR) is 64.2 cm³/mol. The highest BCUT2D eigenvalue weighted by molar-refractivity contribution is 9.10. The smallest absolute Gasteiger partial charge is 0.188 e.